The minimum absolute atomic E-state index is 0.0930. The third-order valence-corrected chi connectivity index (χ3v) is 5.02. The van der Waals surface area contributed by atoms with Gasteiger partial charge in [0.25, 0.3) is 10.1 Å². The molecule has 1 unspecified atom stereocenters. The first kappa shape index (κ1) is 16.4. The standard InChI is InChI=1S/C13H25NO4S/c1-4-6-7-12(3,5-2)11(15)14-13(8-9-13)10-19(16,17)18/h4-10H2,1-3H3,(H,14,15)(H,16,17,18). The van der Waals surface area contributed by atoms with E-state index in [9.17, 15) is 13.2 Å². The summed E-state index contributed by atoms with van der Waals surface area (Å²) in [6.07, 6.45) is 4.76. The summed E-state index contributed by atoms with van der Waals surface area (Å²) in [5, 5.41) is 2.85. The fraction of sp³-hybridized carbons (Fsp3) is 0.923. The van der Waals surface area contributed by atoms with E-state index >= 15 is 0 Å². The maximum Gasteiger partial charge on any atom is 0.267 e. The Morgan fingerprint density at radius 2 is 1.95 bits per heavy atom. The van der Waals surface area contributed by atoms with Crippen LogP contribution < -0.4 is 5.32 Å². The molecule has 1 saturated carbocycles. The molecule has 6 heteroatoms. The Balaban J connectivity index is 2.67. The van der Waals surface area contributed by atoms with Crippen LogP contribution in [0.25, 0.3) is 0 Å². The molecule has 1 aliphatic carbocycles. The fourth-order valence-corrected chi connectivity index (χ4v) is 3.27. The molecule has 0 aromatic carbocycles. The van der Waals surface area contributed by atoms with Gasteiger partial charge in [0.15, 0.2) is 0 Å². The molecule has 0 aromatic heterocycles. The number of unbranched alkanes of at least 4 members (excludes halogenated alkanes) is 1. The molecule has 19 heavy (non-hydrogen) atoms. The molecule has 2 N–H and O–H groups in total. The van der Waals surface area contributed by atoms with Crippen LogP contribution in [-0.2, 0) is 14.9 Å². The minimum Gasteiger partial charge on any atom is -0.349 e. The van der Waals surface area contributed by atoms with Crippen LogP contribution in [0.2, 0.25) is 0 Å². The van der Waals surface area contributed by atoms with Gasteiger partial charge in [0.2, 0.25) is 5.91 Å². The van der Waals surface area contributed by atoms with Crippen LogP contribution in [0.4, 0.5) is 0 Å². The summed E-state index contributed by atoms with van der Waals surface area (Å²) in [5.74, 6) is -0.469. The predicted octanol–water partition coefficient (Wildman–Crippen LogP) is 2.13. The quantitative estimate of drug-likeness (QED) is 0.671. The second-order valence-electron chi connectivity index (χ2n) is 5.98. The highest BCUT2D eigenvalue weighted by atomic mass is 32.2. The van der Waals surface area contributed by atoms with Gasteiger partial charge in [0, 0.05) is 5.41 Å². The van der Waals surface area contributed by atoms with E-state index < -0.39 is 21.1 Å². The fourth-order valence-electron chi connectivity index (χ4n) is 2.21. The van der Waals surface area contributed by atoms with Crippen molar-refractivity contribution in [2.75, 3.05) is 5.75 Å². The van der Waals surface area contributed by atoms with Crippen LogP contribution >= 0.6 is 0 Å². The van der Waals surface area contributed by atoms with E-state index in [0.29, 0.717) is 12.8 Å². The summed E-state index contributed by atoms with van der Waals surface area (Å²) in [5.41, 5.74) is -1.18. The summed E-state index contributed by atoms with van der Waals surface area (Å²) < 4.78 is 30.9. The summed E-state index contributed by atoms with van der Waals surface area (Å²) in [6.45, 7) is 5.97. The van der Waals surface area contributed by atoms with Gasteiger partial charge in [-0.3, -0.25) is 9.35 Å². The Hall–Kier alpha value is -0.620. The third kappa shape index (κ3) is 4.76. The number of rotatable bonds is 8. The molecule has 0 saturated heterocycles. The lowest BCUT2D eigenvalue weighted by Gasteiger charge is -2.29. The highest BCUT2D eigenvalue weighted by Crippen LogP contribution is 2.39. The monoisotopic (exact) mass is 291 g/mol. The number of amides is 1. The predicted molar refractivity (Wildman–Crippen MR) is 74.4 cm³/mol. The lowest BCUT2D eigenvalue weighted by atomic mass is 9.81. The Morgan fingerprint density at radius 1 is 1.37 bits per heavy atom. The first-order chi connectivity index (χ1) is 8.66. The first-order valence-electron chi connectivity index (χ1n) is 6.94. The average Bonchev–Trinajstić information content (AvgIpc) is 3.02. The van der Waals surface area contributed by atoms with Crippen LogP contribution in [-0.4, -0.2) is 30.2 Å². The number of nitrogens with one attached hydrogen (secondary N) is 1. The average molecular weight is 291 g/mol. The molecule has 0 radical (unpaired) electrons. The maximum absolute atomic E-state index is 12.4. The van der Waals surface area contributed by atoms with Gasteiger partial charge < -0.3 is 5.32 Å². The first-order valence-corrected chi connectivity index (χ1v) is 8.55. The largest absolute Gasteiger partial charge is 0.349 e. The Kier molecular flexibility index (Phi) is 5.01. The second kappa shape index (κ2) is 5.79. The van der Waals surface area contributed by atoms with Crippen LogP contribution in [0.1, 0.15) is 59.3 Å². The molecule has 1 fully saturated rings. The number of carbonyl (C=O) groups excluding carboxylic acids is 1. The van der Waals surface area contributed by atoms with E-state index in [-0.39, 0.29) is 11.7 Å². The Labute approximate surface area is 115 Å². The molecule has 0 bridgehead atoms. The molecule has 0 aliphatic heterocycles. The molecule has 1 atom stereocenters. The van der Waals surface area contributed by atoms with Gasteiger partial charge in [0.1, 0.15) is 0 Å². The van der Waals surface area contributed by atoms with Crippen molar-refractivity contribution in [1.29, 1.82) is 0 Å². The number of hydrogen-bond donors (Lipinski definition) is 2. The molecule has 0 aromatic rings. The lowest BCUT2D eigenvalue weighted by molar-refractivity contribution is -0.131. The third-order valence-electron chi connectivity index (χ3n) is 4.10. The van der Waals surface area contributed by atoms with E-state index in [0.717, 1.165) is 25.7 Å². The van der Waals surface area contributed by atoms with Crippen molar-refractivity contribution >= 4 is 16.0 Å². The van der Waals surface area contributed by atoms with Crippen molar-refractivity contribution in [3.8, 4) is 0 Å². The van der Waals surface area contributed by atoms with E-state index in [1.165, 1.54) is 0 Å². The van der Waals surface area contributed by atoms with E-state index in [2.05, 4.69) is 12.2 Å². The van der Waals surface area contributed by atoms with Gasteiger partial charge in [0.05, 0.1) is 11.3 Å². The molecule has 0 heterocycles. The zero-order chi connectivity index (χ0) is 14.7. The molecule has 1 rings (SSSR count). The summed E-state index contributed by atoms with van der Waals surface area (Å²) >= 11 is 0. The van der Waals surface area contributed by atoms with Crippen molar-refractivity contribution in [2.24, 2.45) is 5.41 Å². The summed E-state index contributed by atoms with van der Waals surface area (Å²) in [6, 6.07) is 0. The maximum atomic E-state index is 12.4. The zero-order valence-electron chi connectivity index (χ0n) is 12.0. The molecule has 0 spiro atoms. The topological polar surface area (TPSA) is 83.5 Å². The van der Waals surface area contributed by atoms with Gasteiger partial charge in [-0.15, -0.1) is 0 Å². The van der Waals surface area contributed by atoms with Crippen LogP contribution in [0.3, 0.4) is 0 Å². The highest BCUT2D eigenvalue weighted by molar-refractivity contribution is 7.85. The van der Waals surface area contributed by atoms with Crippen molar-refractivity contribution in [1.82, 2.24) is 5.32 Å². The minimum atomic E-state index is -4.05. The Morgan fingerprint density at radius 3 is 2.32 bits per heavy atom. The zero-order valence-corrected chi connectivity index (χ0v) is 12.8. The van der Waals surface area contributed by atoms with Crippen molar-refractivity contribution < 1.29 is 17.8 Å². The van der Waals surface area contributed by atoms with Crippen molar-refractivity contribution in [3.05, 3.63) is 0 Å². The van der Waals surface area contributed by atoms with E-state index in [4.69, 9.17) is 4.55 Å². The molecular weight excluding hydrogens is 266 g/mol. The normalized spacial score (nSPS) is 20.6. The molecular formula is C13H25NO4S. The van der Waals surface area contributed by atoms with Crippen LogP contribution in [0.15, 0.2) is 0 Å². The summed E-state index contributed by atoms with van der Waals surface area (Å²) in [7, 11) is -4.05. The van der Waals surface area contributed by atoms with Gasteiger partial charge in [-0.25, -0.2) is 0 Å². The number of carbonyl (C=O) groups is 1. The molecule has 112 valence electrons. The van der Waals surface area contributed by atoms with Crippen molar-refractivity contribution in [2.45, 2.75) is 64.8 Å². The van der Waals surface area contributed by atoms with E-state index in [1.54, 1.807) is 0 Å². The lowest BCUT2D eigenvalue weighted by Crippen LogP contribution is -2.48. The van der Waals surface area contributed by atoms with Gasteiger partial charge in [-0.05, 0) is 25.7 Å². The molecule has 1 aliphatic rings. The number of hydrogen-bond acceptors (Lipinski definition) is 3. The second-order valence-corrected chi connectivity index (χ2v) is 7.43. The Bertz CT molecular complexity index is 428. The van der Waals surface area contributed by atoms with Crippen LogP contribution in [0, 0.1) is 5.41 Å². The molecule has 1 amide bonds. The summed E-state index contributed by atoms with van der Waals surface area (Å²) in [4.78, 5) is 12.4. The molecule has 5 nitrogen and oxygen atoms in total. The van der Waals surface area contributed by atoms with E-state index in [1.807, 2.05) is 13.8 Å². The van der Waals surface area contributed by atoms with Gasteiger partial charge in [-0.1, -0.05) is 33.6 Å². The SMILES string of the molecule is CCCCC(C)(CC)C(=O)NC1(CS(=O)(=O)O)CC1. The highest BCUT2D eigenvalue weighted by Gasteiger charge is 2.49. The van der Waals surface area contributed by atoms with Gasteiger partial charge >= 0.3 is 0 Å². The van der Waals surface area contributed by atoms with Crippen molar-refractivity contribution in [3.63, 3.8) is 0 Å². The van der Waals surface area contributed by atoms with Gasteiger partial charge in [-0.2, -0.15) is 8.42 Å². The smallest absolute Gasteiger partial charge is 0.267 e. The van der Waals surface area contributed by atoms with Crippen LogP contribution in [0.5, 0.6) is 0 Å².